The normalized spacial score (nSPS) is 15.2. The van der Waals surface area contributed by atoms with Gasteiger partial charge in [0.25, 0.3) is 0 Å². The van der Waals surface area contributed by atoms with E-state index < -0.39 is 0 Å². The molecule has 37 heavy (non-hydrogen) atoms. The van der Waals surface area contributed by atoms with Crippen molar-refractivity contribution in [1.29, 1.82) is 0 Å². The maximum absolute atomic E-state index is 13.6. The lowest BCUT2D eigenvalue weighted by atomic mass is 10.00. The molecule has 1 aromatic heterocycles. The molecule has 0 aliphatic heterocycles. The molecular formula is C31H28Cl2FN3. The molecule has 3 aromatic carbocycles. The third kappa shape index (κ3) is 5.51. The summed E-state index contributed by atoms with van der Waals surface area (Å²) in [6, 6.07) is 22.4. The molecule has 0 spiro atoms. The molecule has 0 amide bonds. The monoisotopic (exact) mass is 531 g/mol. The van der Waals surface area contributed by atoms with Crippen molar-refractivity contribution in [3.8, 4) is 5.69 Å². The Hall–Kier alpha value is -3.34. The van der Waals surface area contributed by atoms with Gasteiger partial charge in [-0.3, -0.25) is 0 Å². The summed E-state index contributed by atoms with van der Waals surface area (Å²) < 4.78 is 15.5. The fraction of sp³-hybridized carbons (Fsp3) is 0.194. The lowest BCUT2D eigenvalue weighted by Crippen LogP contribution is -2.17. The second-order valence-corrected chi connectivity index (χ2v) is 10.2. The van der Waals surface area contributed by atoms with Crippen LogP contribution < -0.4 is 5.32 Å². The van der Waals surface area contributed by atoms with Crippen molar-refractivity contribution in [2.45, 2.75) is 38.6 Å². The maximum Gasteiger partial charge on any atom is 0.123 e. The van der Waals surface area contributed by atoms with Gasteiger partial charge in [-0.25, -0.2) is 9.07 Å². The number of nitrogens with zero attached hydrogens (tertiary/aromatic N) is 2. The van der Waals surface area contributed by atoms with E-state index in [1.54, 1.807) is 18.2 Å². The average molecular weight is 532 g/mol. The molecular weight excluding hydrogens is 504 g/mol. The van der Waals surface area contributed by atoms with E-state index in [1.165, 1.54) is 17.7 Å². The predicted molar refractivity (Wildman–Crippen MR) is 152 cm³/mol. The fourth-order valence-corrected chi connectivity index (χ4v) is 5.37. The number of hydrogen-bond acceptors (Lipinski definition) is 2. The highest BCUT2D eigenvalue weighted by molar-refractivity contribution is 6.35. The number of allylic oxidation sites excluding steroid dienone is 1. The van der Waals surface area contributed by atoms with Crippen LogP contribution in [-0.2, 0) is 6.42 Å². The van der Waals surface area contributed by atoms with Crippen LogP contribution in [-0.4, -0.2) is 9.78 Å². The Kier molecular flexibility index (Phi) is 7.50. The standard InChI is InChI=1S/C31H28Cl2FN3/c1-20(23-8-4-3-5-9-23)35-21(2)30-27-11-7-6-10-24(18-22-12-15-26(34)16-13-22)31(27)37(36-30)29-17-14-25(32)19-28(29)33/h3-5,8-9,12-20,35H,2,6-7,10-11H2,1H3/b24-18+/t20-/m1/s1. The fourth-order valence-electron chi connectivity index (χ4n) is 4.88. The van der Waals surface area contributed by atoms with E-state index >= 15 is 0 Å². The van der Waals surface area contributed by atoms with Crippen molar-refractivity contribution in [2.75, 3.05) is 0 Å². The van der Waals surface area contributed by atoms with Crippen LogP contribution in [0.25, 0.3) is 23.0 Å². The number of aromatic nitrogens is 2. The van der Waals surface area contributed by atoms with Gasteiger partial charge < -0.3 is 5.32 Å². The Morgan fingerprint density at radius 1 is 1.03 bits per heavy atom. The second kappa shape index (κ2) is 11.0. The van der Waals surface area contributed by atoms with Crippen LogP contribution >= 0.6 is 23.2 Å². The molecule has 0 saturated carbocycles. The molecule has 0 bridgehead atoms. The minimum atomic E-state index is -0.251. The molecule has 0 saturated heterocycles. The van der Waals surface area contributed by atoms with E-state index in [0.717, 1.165) is 65.2 Å². The SMILES string of the molecule is C=C(N[C@H](C)c1ccccc1)c1nn(-c2ccc(Cl)cc2Cl)c2c1CCCC/C2=C\c1ccc(F)cc1. The van der Waals surface area contributed by atoms with E-state index in [-0.39, 0.29) is 11.9 Å². The molecule has 4 aromatic rings. The summed E-state index contributed by atoms with van der Waals surface area (Å²) in [4.78, 5) is 0. The van der Waals surface area contributed by atoms with E-state index in [9.17, 15) is 4.39 Å². The number of rotatable bonds is 6. The Bertz CT molecular complexity index is 1460. The zero-order valence-electron chi connectivity index (χ0n) is 20.6. The van der Waals surface area contributed by atoms with E-state index in [0.29, 0.717) is 10.0 Å². The van der Waals surface area contributed by atoms with Gasteiger partial charge in [0.05, 0.1) is 22.1 Å². The van der Waals surface area contributed by atoms with Crippen molar-refractivity contribution >= 4 is 40.5 Å². The second-order valence-electron chi connectivity index (χ2n) is 9.37. The minimum Gasteiger partial charge on any atom is -0.377 e. The van der Waals surface area contributed by atoms with Gasteiger partial charge in [-0.05, 0) is 85.7 Å². The van der Waals surface area contributed by atoms with Gasteiger partial charge in [-0.1, -0.05) is 72.2 Å². The van der Waals surface area contributed by atoms with Crippen LogP contribution in [0.4, 0.5) is 4.39 Å². The Morgan fingerprint density at radius 3 is 2.49 bits per heavy atom. The molecule has 3 nitrogen and oxygen atoms in total. The van der Waals surface area contributed by atoms with Crippen LogP contribution in [0.3, 0.4) is 0 Å². The van der Waals surface area contributed by atoms with Crippen LogP contribution in [0, 0.1) is 5.82 Å². The first-order chi connectivity index (χ1) is 17.9. The van der Waals surface area contributed by atoms with Gasteiger partial charge in [0.1, 0.15) is 11.5 Å². The summed E-state index contributed by atoms with van der Waals surface area (Å²) in [6.07, 6.45) is 5.94. The highest BCUT2D eigenvalue weighted by Gasteiger charge is 2.26. The van der Waals surface area contributed by atoms with Crippen molar-refractivity contribution < 1.29 is 4.39 Å². The molecule has 6 heteroatoms. The zero-order valence-corrected chi connectivity index (χ0v) is 22.2. The van der Waals surface area contributed by atoms with Gasteiger partial charge in [-0.15, -0.1) is 0 Å². The van der Waals surface area contributed by atoms with Gasteiger partial charge in [0.2, 0.25) is 0 Å². The van der Waals surface area contributed by atoms with E-state index in [4.69, 9.17) is 28.3 Å². The summed E-state index contributed by atoms with van der Waals surface area (Å²) >= 11 is 12.9. The first kappa shape index (κ1) is 25.3. The summed E-state index contributed by atoms with van der Waals surface area (Å²) in [5.74, 6) is -0.251. The third-order valence-electron chi connectivity index (χ3n) is 6.74. The molecule has 0 radical (unpaired) electrons. The highest BCUT2D eigenvalue weighted by atomic mass is 35.5. The summed E-state index contributed by atoms with van der Waals surface area (Å²) in [6.45, 7) is 6.51. The van der Waals surface area contributed by atoms with Gasteiger partial charge in [0.15, 0.2) is 0 Å². The molecule has 1 aliphatic carbocycles. The zero-order chi connectivity index (χ0) is 25.9. The molecule has 188 valence electrons. The molecule has 1 aliphatic rings. The smallest absolute Gasteiger partial charge is 0.123 e. The number of nitrogens with one attached hydrogen (secondary N) is 1. The quantitative estimate of drug-likeness (QED) is 0.251. The van der Waals surface area contributed by atoms with Crippen LogP contribution in [0.1, 0.15) is 60.3 Å². The first-order valence-corrected chi connectivity index (χ1v) is 13.2. The van der Waals surface area contributed by atoms with Crippen LogP contribution in [0.15, 0.2) is 79.4 Å². The molecule has 0 unspecified atom stereocenters. The van der Waals surface area contributed by atoms with E-state index in [1.807, 2.05) is 35.0 Å². The Balaban J connectivity index is 1.64. The molecule has 1 heterocycles. The number of benzene rings is 3. The summed E-state index contributed by atoms with van der Waals surface area (Å²) in [7, 11) is 0. The largest absolute Gasteiger partial charge is 0.377 e. The number of fused-ring (bicyclic) bond motifs is 1. The van der Waals surface area contributed by atoms with Gasteiger partial charge >= 0.3 is 0 Å². The Labute approximate surface area is 227 Å². The molecule has 1 N–H and O–H groups in total. The minimum absolute atomic E-state index is 0.0635. The lowest BCUT2D eigenvalue weighted by Gasteiger charge is -2.17. The van der Waals surface area contributed by atoms with Crippen molar-refractivity contribution in [2.24, 2.45) is 0 Å². The Morgan fingerprint density at radius 2 is 1.76 bits per heavy atom. The first-order valence-electron chi connectivity index (χ1n) is 12.5. The third-order valence-corrected chi connectivity index (χ3v) is 7.27. The molecule has 5 rings (SSSR count). The average Bonchev–Trinajstić information content (AvgIpc) is 3.14. The van der Waals surface area contributed by atoms with Gasteiger partial charge in [0, 0.05) is 16.6 Å². The highest BCUT2D eigenvalue weighted by Crippen LogP contribution is 2.38. The summed E-state index contributed by atoms with van der Waals surface area (Å²) in [5.41, 5.74) is 7.74. The van der Waals surface area contributed by atoms with Crippen molar-refractivity contribution in [3.63, 3.8) is 0 Å². The summed E-state index contributed by atoms with van der Waals surface area (Å²) in [5, 5.41) is 9.72. The topological polar surface area (TPSA) is 29.9 Å². The molecule has 0 fully saturated rings. The lowest BCUT2D eigenvalue weighted by molar-refractivity contribution is 0.628. The molecule has 1 atom stereocenters. The maximum atomic E-state index is 13.6. The number of halogens is 3. The number of hydrogen-bond donors (Lipinski definition) is 1. The van der Waals surface area contributed by atoms with Crippen molar-refractivity contribution in [3.05, 3.63) is 123 Å². The van der Waals surface area contributed by atoms with Crippen LogP contribution in [0.5, 0.6) is 0 Å². The van der Waals surface area contributed by atoms with Crippen LogP contribution in [0.2, 0.25) is 10.0 Å². The van der Waals surface area contributed by atoms with E-state index in [2.05, 4.69) is 37.0 Å². The van der Waals surface area contributed by atoms with Crippen molar-refractivity contribution in [1.82, 2.24) is 15.1 Å². The predicted octanol–water partition coefficient (Wildman–Crippen LogP) is 8.91. The van der Waals surface area contributed by atoms with Gasteiger partial charge in [-0.2, -0.15) is 5.10 Å².